The third kappa shape index (κ3) is 4.66. The van der Waals surface area contributed by atoms with Gasteiger partial charge in [0.2, 0.25) is 0 Å². The molecule has 1 aromatic carbocycles. The smallest absolute Gasteiger partial charge is 0.298 e. The molecule has 0 amide bonds. The first-order valence-electron chi connectivity index (χ1n) is 8.17. The van der Waals surface area contributed by atoms with Crippen molar-refractivity contribution < 1.29 is 19.4 Å². The molecule has 124 valence electrons. The maximum atomic E-state index is 12.1. The molecule has 1 aromatic heterocycles. The zero-order valence-corrected chi connectivity index (χ0v) is 13.5. The van der Waals surface area contributed by atoms with Crippen LogP contribution in [0, 0.1) is 0 Å². The summed E-state index contributed by atoms with van der Waals surface area (Å²) < 4.78 is 1.29. The maximum Gasteiger partial charge on any atom is 0.449 e. The fraction of sp³-hybridized carbons (Fsp3) is 0.444. The molecule has 5 heteroatoms. The molecule has 0 atom stereocenters. The number of hydrogen-bond acceptors (Lipinski definition) is 4. The van der Waals surface area contributed by atoms with Crippen LogP contribution in [0.25, 0.3) is 10.9 Å². The highest BCUT2D eigenvalue weighted by atomic mass is 17.2. The number of fused-ring (bicyclic) bond motifs is 1. The summed E-state index contributed by atoms with van der Waals surface area (Å²) in [6.45, 7) is 2.57. The second kappa shape index (κ2) is 9.10. The Hall–Kier alpha value is -2.14. The van der Waals surface area contributed by atoms with Crippen molar-refractivity contribution in [1.29, 1.82) is 0 Å². The van der Waals surface area contributed by atoms with E-state index in [0.29, 0.717) is 17.7 Å². The Kier molecular flexibility index (Phi) is 6.81. The molecule has 0 saturated carbocycles. The highest BCUT2D eigenvalue weighted by Crippen LogP contribution is 2.20. The minimum atomic E-state index is -0.639. The van der Waals surface area contributed by atoms with E-state index in [-0.39, 0.29) is 0 Å². The van der Waals surface area contributed by atoms with Crippen LogP contribution in [-0.2, 0) is 9.78 Å². The number of carbonyl (C=O) groups is 2. The molecule has 0 spiro atoms. The molecule has 2 aromatic rings. The van der Waals surface area contributed by atoms with Gasteiger partial charge in [0.25, 0.3) is 0 Å². The zero-order chi connectivity index (χ0) is 16.5. The predicted molar refractivity (Wildman–Crippen MR) is 88.5 cm³/mol. The van der Waals surface area contributed by atoms with Gasteiger partial charge in [0.15, 0.2) is 6.29 Å². The molecule has 5 nitrogen and oxygen atoms in total. The maximum absolute atomic E-state index is 12.1. The Labute approximate surface area is 136 Å². The summed E-state index contributed by atoms with van der Waals surface area (Å²) in [5.41, 5.74) is 1.08. The predicted octanol–water partition coefficient (Wildman–Crippen LogP) is 4.73. The summed E-state index contributed by atoms with van der Waals surface area (Å²) in [5, 5.41) is 0.718. The lowest BCUT2D eigenvalue weighted by Crippen LogP contribution is -2.13. The van der Waals surface area contributed by atoms with Crippen molar-refractivity contribution in [2.75, 3.05) is 6.61 Å². The number of carbonyl (C=O) groups excluding carboxylic acids is 2. The van der Waals surface area contributed by atoms with E-state index in [1.54, 1.807) is 18.2 Å². The highest BCUT2D eigenvalue weighted by molar-refractivity contribution is 6.01. The number of rotatable bonds is 9. The largest absolute Gasteiger partial charge is 0.449 e. The number of hydrogen-bond donors (Lipinski definition) is 0. The van der Waals surface area contributed by atoms with Crippen molar-refractivity contribution >= 4 is 23.3 Å². The van der Waals surface area contributed by atoms with Crippen LogP contribution >= 0.6 is 0 Å². The topological polar surface area (TPSA) is 57.5 Å². The first kappa shape index (κ1) is 17.2. The third-order valence-corrected chi connectivity index (χ3v) is 3.78. The number of aromatic nitrogens is 1. The van der Waals surface area contributed by atoms with E-state index in [1.807, 2.05) is 6.07 Å². The van der Waals surface area contributed by atoms with Gasteiger partial charge in [-0.25, -0.2) is 9.36 Å². The third-order valence-electron chi connectivity index (χ3n) is 3.78. The first-order valence-corrected chi connectivity index (χ1v) is 8.17. The van der Waals surface area contributed by atoms with Gasteiger partial charge >= 0.3 is 6.09 Å². The van der Waals surface area contributed by atoms with E-state index >= 15 is 0 Å². The van der Waals surface area contributed by atoms with Crippen molar-refractivity contribution in [3.05, 3.63) is 36.0 Å². The van der Waals surface area contributed by atoms with Crippen molar-refractivity contribution in [1.82, 2.24) is 4.57 Å². The molecule has 0 unspecified atom stereocenters. The molecule has 0 aliphatic heterocycles. The second-order valence-corrected chi connectivity index (χ2v) is 5.53. The van der Waals surface area contributed by atoms with Gasteiger partial charge in [0, 0.05) is 17.1 Å². The molecule has 0 aliphatic rings. The molecule has 0 fully saturated rings. The van der Waals surface area contributed by atoms with Gasteiger partial charge in [-0.2, -0.15) is 4.89 Å². The summed E-state index contributed by atoms with van der Waals surface area (Å²) >= 11 is 0. The quantitative estimate of drug-likeness (QED) is 0.290. The molecule has 2 rings (SSSR count). The fourth-order valence-electron chi connectivity index (χ4n) is 2.52. The molecule has 0 N–H and O–H groups in total. The Morgan fingerprint density at radius 1 is 1.13 bits per heavy atom. The van der Waals surface area contributed by atoms with E-state index in [0.717, 1.165) is 24.5 Å². The average molecular weight is 317 g/mol. The lowest BCUT2D eigenvalue weighted by atomic mass is 10.1. The van der Waals surface area contributed by atoms with E-state index in [9.17, 15) is 9.59 Å². The van der Waals surface area contributed by atoms with Crippen molar-refractivity contribution in [2.45, 2.75) is 45.4 Å². The van der Waals surface area contributed by atoms with Gasteiger partial charge in [0.1, 0.15) is 0 Å². The number of aldehydes is 1. The summed E-state index contributed by atoms with van der Waals surface area (Å²) in [7, 11) is 0. The lowest BCUT2D eigenvalue weighted by molar-refractivity contribution is -0.238. The Balaban J connectivity index is 1.81. The lowest BCUT2D eigenvalue weighted by Gasteiger charge is -2.05. The Bertz CT molecular complexity index is 648. The Morgan fingerprint density at radius 3 is 2.65 bits per heavy atom. The van der Waals surface area contributed by atoms with Gasteiger partial charge in [0.05, 0.1) is 12.1 Å². The molecule has 23 heavy (non-hydrogen) atoms. The van der Waals surface area contributed by atoms with E-state index < -0.39 is 6.09 Å². The SMILES string of the molecule is CCCCCCCCOOC(=O)n1cc(C=O)c2ccccc21. The van der Waals surface area contributed by atoms with E-state index in [2.05, 4.69) is 6.92 Å². The average Bonchev–Trinajstić information content (AvgIpc) is 2.96. The minimum absolute atomic E-state index is 0.387. The monoisotopic (exact) mass is 317 g/mol. The summed E-state index contributed by atoms with van der Waals surface area (Å²) in [6, 6.07) is 7.18. The fourth-order valence-corrected chi connectivity index (χ4v) is 2.52. The van der Waals surface area contributed by atoms with Crippen LogP contribution in [0.3, 0.4) is 0 Å². The van der Waals surface area contributed by atoms with Gasteiger partial charge in [-0.15, -0.1) is 0 Å². The highest BCUT2D eigenvalue weighted by Gasteiger charge is 2.14. The van der Waals surface area contributed by atoms with Crippen molar-refractivity contribution in [3.63, 3.8) is 0 Å². The summed E-state index contributed by atoms with van der Waals surface area (Å²) in [6.07, 6.45) is 8.38. The van der Waals surface area contributed by atoms with Gasteiger partial charge in [-0.1, -0.05) is 57.2 Å². The van der Waals surface area contributed by atoms with Gasteiger partial charge in [-0.05, 0) is 12.5 Å². The Morgan fingerprint density at radius 2 is 1.87 bits per heavy atom. The van der Waals surface area contributed by atoms with Crippen LogP contribution in [0.5, 0.6) is 0 Å². The van der Waals surface area contributed by atoms with Crippen LogP contribution in [-0.4, -0.2) is 23.6 Å². The summed E-state index contributed by atoms with van der Waals surface area (Å²) in [5.74, 6) is 0. The van der Waals surface area contributed by atoms with Crippen LogP contribution in [0.15, 0.2) is 30.5 Å². The number of nitrogens with zero attached hydrogens (tertiary/aromatic N) is 1. The van der Waals surface area contributed by atoms with Crippen molar-refractivity contribution in [3.8, 4) is 0 Å². The standard InChI is InChI=1S/C18H23NO4/c1-2-3-4-5-6-9-12-22-23-18(21)19-13-15(14-20)16-10-7-8-11-17(16)19/h7-8,10-11,13-14H,2-6,9,12H2,1H3. The second-order valence-electron chi connectivity index (χ2n) is 5.53. The molecular formula is C18H23NO4. The molecule has 0 radical (unpaired) electrons. The molecule has 0 aliphatic carbocycles. The van der Waals surface area contributed by atoms with E-state index in [1.165, 1.54) is 36.4 Å². The van der Waals surface area contributed by atoms with Gasteiger partial charge < -0.3 is 0 Å². The number of para-hydroxylation sites is 1. The van der Waals surface area contributed by atoms with Crippen LogP contribution in [0.4, 0.5) is 4.79 Å². The molecule has 0 saturated heterocycles. The van der Waals surface area contributed by atoms with Gasteiger partial charge in [-0.3, -0.25) is 9.68 Å². The zero-order valence-electron chi connectivity index (χ0n) is 13.5. The van der Waals surface area contributed by atoms with Crippen molar-refractivity contribution in [2.24, 2.45) is 0 Å². The molecule has 0 bridgehead atoms. The van der Waals surface area contributed by atoms with Crippen LogP contribution in [0.1, 0.15) is 55.8 Å². The molecule has 1 heterocycles. The molecular weight excluding hydrogens is 294 g/mol. The number of unbranched alkanes of at least 4 members (excludes halogenated alkanes) is 5. The summed E-state index contributed by atoms with van der Waals surface area (Å²) in [4.78, 5) is 32.9. The first-order chi connectivity index (χ1) is 11.3. The normalized spacial score (nSPS) is 10.8. The van der Waals surface area contributed by atoms with Crippen LogP contribution < -0.4 is 0 Å². The number of benzene rings is 1. The minimum Gasteiger partial charge on any atom is -0.298 e. The van der Waals surface area contributed by atoms with E-state index in [4.69, 9.17) is 9.78 Å². The van der Waals surface area contributed by atoms with Crippen LogP contribution in [0.2, 0.25) is 0 Å².